The van der Waals surface area contributed by atoms with Gasteiger partial charge in [-0.15, -0.1) is 11.3 Å². The topological polar surface area (TPSA) is 238 Å². The van der Waals surface area contributed by atoms with E-state index in [2.05, 4.69) is 19.8 Å². The van der Waals surface area contributed by atoms with Crippen molar-refractivity contribution in [2.45, 2.75) is 51.4 Å². The number of nitrogens with zero attached hydrogens (tertiary/aromatic N) is 2. The molecule has 6 N–H and O–H groups in total. The molecule has 0 bridgehead atoms. The number of halogens is 1. The van der Waals surface area contributed by atoms with E-state index in [9.17, 15) is 27.7 Å². The Kier molecular flexibility index (Phi) is 13.0. The van der Waals surface area contributed by atoms with Crippen LogP contribution in [-0.2, 0) is 47.8 Å². The molecule has 1 aliphatic carbocycles. The highest BCUT2D eigenvalue weighted by atomic mass is 35.5. The predicted octanol–water partition coefficient (Wildman–Crippen LogP) is 4.10. The number of benzene rings is 2. The smallest absolute Gasteiger partial charge is 0.458 e. The number of ketones is 1. The first-order chi connectivity index (χ1) is 24.6. The lowest BCUT2D eigenvalue weighted by molar-refractivity contribution is 0.0151. The van der Waals surface area contributed by atoms with Crippen LogP contribution in [0.4, 0.5) is 5.82 Å². The van der Waals surface area contributed by atoms with Gasteiger partial charge in [0.05, 0.1) is 29.2 Å². The lowest BCUT2D eigenvalue weighted by atomic mass is 9.98. The van der Waals surface area contributed by atoms with Crippen molar-refractivity contribution < 1.29 is 50.9 Å². The number of esters is 1. The second-order valence-electron chi connectivity index (χ2n) is 12.1. The van der Waals surface area contributed by atoms with E-state index in [4.69, 9.17) is 35.4 Å². The number of nitrogens with one attached hydrogen (secondary N) is 1. The number of carbonyl (C=O) groups is 2. The average molecular weight is 795 g/mol. The van der Waals surface area contributed by atoms with E-state index in [1.165, 1.54) is 48.1 Å². The monoisotopic (exact) mass is 794 g/mol. The van der Waals surface area contributed by atoms with Crippen LogP contribution in [0.3, 0.4) is 0 Å². The molecule has 3 atom stereocenters. The van der Waals surface area contributed by atoms with Crippen LogP contribution in [0.15, 0.2) is 61.1 Å². The van der Waals surface area contributed by atoms with Crippen molar-refractivity contribution in [3.8, 4) is 0 Å². The van der Waals surface area contributed by atoms with Crippen molar-refractivity contribution in [2.75, 3.05) is 18.5 Å². The number of ether oxygens (including phenoxy) is 1. The number of nitrogens with two attached hydrogens (primary N) is 1. The van der Waals surface area contributed by atoms with E-state index in [1.54, 1.807) is 6.07 Å². The van der Waals surface area contributed by atoms with Crippen molar-refractivity contribution in [1.29, 1.82) is 0 Å². The summed E-state index contributed by atoms with van der Waals surface area (Å²) in [6.07, 6.45) is 3.24. The van der Waals surface area contributed by atoms with Crippen molar-refractivity contribution in [2.24, 2.45) is 11.1 Å². The molecule has 0 spiro atoms. The molecule has 0 radical (unpaired) electrons. The first kappa shape index (κ1) is 39.6. The second-order valence-corrected chi connectivity index (χ2v) is 16.3. The molecule has 1 unspecified atom stereocenters. The SMILES string of the molecule is Cc1sc(C(=O)c2cncnc2N[C@H]2CC(OC(=O)c3cccc(COP(=O)(O)O)c3)[C@@H](COS(N)(=O)=O)C2)cc1Cc1cc(Cl)ccc1CCO. The third-order valence-corrected chi connectivity index (χ3v) is 10.6. The van der Waals surface area contributed by atoms with E-state index in [0.29, 0.717) is 28.3 Å². The summed E-state index contributed by atoms with van der Waals surface area (Å²) in [6.45, 7) is 1.07. The van der Waals surface area contributed by atoms with Crippen LogP contribution in [-0.4, -0.2) is 70.4 Å². The molecule has 4 aromatic rings. The molecule has 0 amide bonds. The molecule has 52 heavy (non-hydrogen) atoms. The molecule has 15 nitrogen and oxygen atoms in total. The number of carbonyl (C=O) groups excluding carboxylic acids is 2. The van der Waals surface area contributed by atoms with Crippen molar-refractivity contribution in [1.82, 2.24) is 9.97 Å². The zero-order valence-electron chi connectivity index (χ0n) is 27.7. The van der Waals surface area contributed by atoms with Gasteiger partial charge in [0.15, 0.2) is 0 Å². The van der Waals surface area contributed by atoms with Crippen LogP contribution >= 0.6 is 30.8 Å². The summed E-state index contributed by atoms with van der Waals surface area (Å²) in [5.41, 5.74) is 3.42. The molecule has 1 aliphatic rings. The van der Waals surface area contributed by atoms with Gasteiger partial charge in [-0.05, 0) is 78.8 Å². The Hall–Kier alpha value is -3.61. The van der Waals surface area contributed by atoms with Gasteiger partial charge in [-0.1, -0.05) is 29.8 Å². The Bertz CT molecular complexity index is 2090. The normalized spacial score (nSPS) is 17.6. The Balaban J connectivity index is 1.32. The molecule has 278 valence electrons. The predicted molar refractivity (Wildman–Crippen MR) is 191 cm³/mol. The maximum atomic E-state index is 13.9. The summed E-state index contributed by atoms with van der Waals surface area (Å²) in [4.78, 5) is 54.8. The van der Waals surface area contributed by atoms with E-state index in [1.807, 2.05) is 25.1 Å². The van der Waals surface area contributed by atoms with Crippen molar-refractivity contribution in [3.63, 3.8) is 0 Å². The van der Waals surface area contributed by atoms with Gasteiger partial charge in [-0.3, -0.25) is 13.5 Å². The highest BCUT2D eigenvalue weighted by molar-refractivity contribution is 7.84. The highest BCUT2D eigenvalue weighted by Gasteiger charge is 2.39. The molecule has 0 aliphatic heterocycles. The quantitative estimate of drug-likeness (QED) is 0.0610. The first-order valence-corrected chi connectivity index (χ1v) is 20.0. The number of thiophene rings is 1. The number of hydrogen-bond donors (Lipinski definition) is 5. The summed E-state index contributed by atoms with van der Waals surface area (Å²) < 4.78 is 49.5. The number of hydrogen-bond acceptors (Lipinski definition) is 13. The zero-order valence-corrected chi connectivity index (χ0v) is 31.0. The third kappa shape index (κ3) is 11.0. The number of aryl methyl sites for hydroxylation is 1. The van der Waals surface area contributed by atoms with Crippen molar-refractivity contribution in [3.05, 3.63) is 109 Å². The number of aliphatic hydroxyl groups excluding tert-OH is 1. The minimum Gasteiger partial charge on any atom is -0.458 e. The summed E-state index contributed by atoms with van der Waals surface area (Å²) >= 11 is 7.58. The maximum absolute atomic E-state index is 13.9. The summed E-state index contributed by atoms with van der Waals surface area (Å²) in [7, 11) is -9.06. The molecular weight excluding hydrogens is 759 g/mol. The van der Waals surface area contributed by atoms with Crippen LogP contribution in [0.5, 0.6) is 0 Å². The Morgan fingerprint density at radius 2 is 1.90 bits per heavy atom. The molecule has 1 fully saturated rings. The standard InChI is InChI=1S/C33H36ClN4O11PS2/c1-19-23(10-24-11-26(34)6-5-21(24)7-8-39)13-30(51-19)31(40)28-15-36-18-37-32(28)38-27-12-25(17-48-52(35,45)46)29(14-27)49-33(41)22-4-2-3-20(9-22)16-47-50(42,43)44/h2-6,9,11,13,15,18,25,27,29,39H,7-8,10,12,14,16-17H2,1H3,(H2,35,45,46)(H,36,37,38)(H2,42,43,44)/t25-,27-,29?/m1/s1. The van der Waals surface area contributed by atoms with Gasteiger partial charge in [-0.25, -0.2) is 24.5 Å². The van der Waals surface area contributed by atoms with Crippen molar-refractivity contribution >= 4 is 58.6 Å². The fourth-order valence-electron chi connectivity index (χ4n) is 5.93. The minimum absolute atomic E-state index is 0.0114. The van der Waals surface area contributed by atoms with Crippen LogP contribution < -0.4 is 10.5 Å². The van der Waals surface area contributed by atoms with Gasteiger partial charge < -0.3 is 24.9 Å². The number of aliphatic hydroxyl groups is 1. The Morgan fingerprint density at radius 3 is 2.63 bits per heavy atom. The molecule has 2 aromatic carbocycles. The maximum Gasteiger partial charge on any atom is 0.469 e. The highest BCUT2D eigenvalue weighted by Crippen LogP contribution is 2.37. The van der Waals surface area contributed by atoms with E-state index < -0.39 is 48.8 Å². The summed E-state index contributed by atoms with van der Waals surface area (Å²) in [5, 5.41) is 18.4. The number of rotatable bonds is 16. The number of anilines is 1. The first-order valence-electron chi connectivity index (χ1n) is 15.8. The Labute approximate surface area is 308 Å². The lowest BCUT2D eigenvalue weighted by Crippen LogP contribution is -2.28. The van der Waals surface area contributed by atoms with Gasteiger partial charge >= 0.3 is 24.1 Å². The molecule has 19 heteroatoms. The van der Waals surface area contributed by atoms with Gasteiger partial charge in [0.1, 0.15) is 18.2 Å². The second kappa shape index (κ2) is 17.0. The van der Waals surface area contributed by atoms with E-state index in [-0.39, 0.29) is 48.8 Å². The zero-order chi connectivity index (χ0) is 37.6. The number of phosphoric acid groups is 1. The van der Waals surface area contributed by atoms with Gasteiger partial charge in [0.25, 0.3) is 0 Å². The molecule has 1 saturated carbocycles. The average Bonchev–Trinajstić information content (AvgIpc) is 3.65. The fraction of sp³-hybridized carbons (Fsp3) is 0.333. The van der Waals surface area contributed by atoms with Crippen LogP contribution in [0, 0.1) is 12.8 Å². The third-order valence-electron chi connectivity index (χ3n) is 8.37. The number of phosphoric ester groups is 1. The van der Waals surface area contributed by atoms with Crippen LogP contribution in [0.25, 0.3) is 0 Å². The largest absolute Gasteiger partial charge is 0.469 e. The van der Waals surface area contributed by atoms with Crippen LogP contribution in [0.2, 0.25) is 5.02 Å². The molecule has 5 rings (SSSR count). The van der Waals surface area contributed by atoms with Gasteiger partial charge in [0.2, 0.25) is 5.78 Å². The van der Waals surface area contributed by atoms with Gasteiger partial charge in [0, 0.05) is 41.1 Å². The summed E-state index contributed by atoms with van der Waals surface area (Å²) in [5.74, 6) is -1.49. The summed E-state index contributed by atoms with van der Waals surface area (Å²) in [6, 6.07) is 12.7. The van der Waals surface area contributed by atoms with E-state index >= 15 is 0 Å². The molecule has 2 aromatic heterocycles. The number of aromatic nitrogens is 2. The molecular formula is C33H36ClN4O11PS2. The minimum atomic E-state index is -4.74. The van der Waals surface area contributed by atoms with Crippen LogP contribution in [0.1, 0.15) is 65.6 Å². The Morgan fingerprint density at radius 1 is 1.12 bits per heavy atom. The molecule has 0 saturated heterocycles. The lowest BCUT2D eigenvalue weighted by Gasteiger charge is -2.19. The van der Waals surface area contributed by atoms with Gasteiger partial charge in [-0.2, -0.15) is 8.42 Å². The molecule has 2 heterocycles. The van der Waals surface area contributed by atoms with E-state index in [0.717, 1.165) is 21.6 Å². The fourth-order valence-corrected chi connectivity index (χ4v) is 7.80.